The monoisotopic (exact) mass is 263 g/mol. The van der Waals surface area contributed by atoms with E-state index in [-0.39, 0.29) is 6.10 Å². The van der Waals surface area contributed by atoms with Crippen LogP contribution >= 0.6 is 11.6 Å². The van der Waals surface area contributed by atoms with Gasteiger partial charge >= 0.3 is 0 Å². The van der Waals surface area contributed by atoms with E-state index in [1.54, 1.807) is 0 Å². The van der Waals surface area contributed by atoms with Crippen molar-refractivity contribution < 1.29 is 4.74 Å². The predicted octanol–water partition coefficient (Wildman–Crippen LogP) is 3.34. The van der Waals surface area contributed by atoms with Gasteiger partial charge in [0.2, 0.25) is 0 Å². The van der Waals surface area contributed by atoms with Crippen molar-refractivity contribution in [3.8, 4) is 5.75 Å². The summed E-state index contributed by atoms with van der Waals surface area (Å²) < 4.78 is 5.91. The molecule has 2 atom stereocenters. The molecule has 2 aliphatic rings. The molecule has 0 radical (unpaired) electrons. The van der Waals surface area contributed by atoms with E-state index in [9.17, 15) is 0 Å². The Morgan fingerprint density at radius 3 is 3.11 bits per heavy atom. The van der Waals surface area contributed by atoms with Crippen LogP contribution in [0.3, 0.4) is 0 Å². The third-order valence-electron chi connectivity index (χ3n) is 3.67. The molecule has 3 rings (SSSR count). The Morgan fingerprint density at radius 2 is 2.28 bits per heavy atom. The molecule has 2 nitrogen and oxygen atoms in total. The summed E-state index contributed by atoms with van der Waals surface area (Å²) in [6, 6.07) is 6.49. The molecule has 1 aromatic rings. The third-order valence-corrected chi connectivity index (χ3v) is 3.90. The van der Waals surface area contributed by atoms with Crippen LogP contribution in [0.25, 0.3) is 0 Å². The van der Waals surface area contributed by atoms with E-state index in [0.717, 1.165) is 30.2 Å². The van der Waals surface area contributed by atoms with Gasteiger partial charge in [-0.05, 0) is 43.0 Å². The minimum Gasteiger partial charge on any atom is -0.488 e. The van der Waals surface area contributed by atoms with E-state index < -0.39 is 0 Å². The molecule has 0 saturated carbocycles. The van der Waals surface area contributed by atoms with Crippen LogP contribution in [0.15, 0.2) is 30.4 Å². The van der Waals surface area contributed by atoms with Crippen LogP contribution in [0.2, 0.25) is 5.02 Å². The minimum atomic E-state index is 0.254. The number of hydrogen-bond acceptors (Lipinski definition) is 2. The molecule has 3 heteroatoms. The highest BCUT2D eigenvalue weighted by atomic mass is 35.5. The number of nitrogens with one attached hydrogen (secondary N) is 1. The lowest BCUT2D eigenvalue weighted by molar-refractivity contribution is 0.219. The van der Waals surface area contributed by atoms with E-state index in [0.29, 0.717) is 6.04 Å². The average Bonchev–Trinajstić information content (AvgIpc) is 2.79. The second-order valence-corrected chi connectivity index (χ2v) is 5.52. The van der Waals surface area contributed by atoms with E-state index in [1.807, 2.05) is 18.2 Å². The van der Waals surface area contributed by atoms with Crippen LogP contribution in [0, 0.1) is 0 Å². The maximum Gasteiger partial charge on any atom is 0.123 e. The molecule has 18 heavy (non-hydrogen) atoms. The van der Waals surface area contributed by atoms with Crippen LogP contribution in [-0.2, 0) is 6.42 Å². The quantitative estimate of drug-likeness (QED) is 0.845. The smallest absolute Gasteiger partial charge is 0.123 e. The molecule has 96 valence electrons. The van der Waals surface area contributed by atoms with Gasteiger partial charge in [0.1, 0.15) is 11.9 Å². The summed E-state index contributed by atoms with van der Waals surface area (Å²) in [4.78, 5) is 0. The van der Waals surface area contributed by atoms with E-state index in [1.165, 1.54) is 18.4 Å². The number of rotatable bonds is 3. The molecule has 0 aromatic heterocycles. The van der Waals surface area contributed by atoms with Crippen molar-refractivity contribution in [2.75, 3.05) is 6.54 Å². The number of halogens is 1. The normalized spacial score (nSPS) is 25.8. The lowest BCUT2D eigenvalue weighted by Gasteiger charge is -2.21. The SMILES string of the molecule is Clc1ccc2c(c1)CC(CNC1CC=CCC1)O2. The summed E-state index contributed by atoms with van der Waals surface area (Å²) in [5.41, 5.74) is 1.23. The van der Waals surface area contributed by atoms with Gasteiger partial charge in [0.25, 0.3) is 0 Å². The Balaban J connectivity index is 1.53. The largest absolute Gasteiger partial charge is 0.488 e. The van der Waals surface area contributed by atoms with Gasteiger partial charge in [0.15, 0.2) is 0 Å². The lowest BCUT2D eigenvalue weighted by atomic mass is 10.0. The third kappa shape index (κ3) is 2.70. The highest BCUT2D eigenvalue weighted by Gasteiger charge is 2.23. The fraction of sp³-hybridized carbons (Fsp3) is 0.467. The number of ether oxygens (including phenoxy) is 1. The lowest BCUT2D eigenvalue weighted by Crippen LogP contribution is -2.37. The molecule has 0 bridgehead atoms. The molecule has 1 aliphatic heterocycles. The van der Waals surface area contributed by atoms with Crippen molar-refractivity contribution in [3.63, 3.8) is 0 Å². The Labute approximate surface area is 113 Å². The van der Waals surface area contributed by atoms with Crippen LogP contribution < -0.4 is 10.1 Å². The van der Waals surface area contributed by atoms with Crippen molar-refractivity contribution in [2.45, 2.75) is 37.8 Å². The van der Waals surface area contributed by atoms with E-state index in [4.69, 9.17) is 16.3 Å². The van der Waals surface area contributed by atoms with Gasteiger partial charge in [-0.1, -0.05) is 23.8 Å². The average molecular weight is 264 g/mol. The van der Waals surface area contributed by atoms with Crippen molar-refractivity contribution in [1.29, 1.82) is 0 Å². The Morgan fingerprint density at radius 1 is 1.33 bits per heavy atom. The number of hydrogen-bond donors (Lipinski definition) is 1. The van der Waals surface area contributed by atoms with Gasteiger partial charge < -0.3 is 10.1 Å². The first-order valence-electron chi connectivity index (χ1n) is 6.65. The van der Waals surface area contributed by atoms with Gasteiger partial charge in [-0.25, -0.2) is 0 Å². The topological polar surface area (TPSA) is 21.3 Å². The van der Waals surface area contributed by atoms with Crippen molar-refractivity contribution in [1.82, 2.24) is 5.32 Å². The highest BCUT2D eigenvalue weighted by molar-refractivity contribution is 6.30. The highest BCUT2D eigenvalue weighted by Crippen LogP contribution is 2.30. The summed E-state index contributed by atoms with van der Waals surface area (Å²) in [7, 11) is 0. The fourth-order valence-corrected chi connectivity index (χ4v) is 2.87. The zero-order valence-electron chi connectivity index (χ0n) is 10.4. The molecule has 0 spiro atoms. The van der Waals surface area contributed by atoms with Crippen LogP contribution in [0.5, 0.6) is 5.75 Å². The van der Waals surface area contributed by atoms with Gasteiger partial charge in [-0.15, -0.1) is 0 Å². The predicted molar refractivity (Wildman–Crippen MR) is 74.4 cm³/mol. The minimum absolute atomic E-state index is 0.254. The van der Waals surface area contributed by atoms with Gasteiger partial charge in [0.05, 0.1) is 0 Å². The molecule has 1 N–H and O–H groups in total. The first-order valence-corrected chi connectivity index (χ1v) is 7.02. The van der Waals surface area contributed by atoms with Crippen molar-refractivity contribution >= 4 is 11.6 Å². The Hall–Kier alpha value is -0.990. The van der Waals surface area contributed by atoms with Gasteiger partial charge in [0, 0.05) is 24.0 Å². The first-order chi connectivity index (χ1) is 8.81. The van der Waals surface area contributed by atoms with Crippen LogP contribution in [0.4, 0.5) is 0 Å². The molecule has 0 saturated heterocycles. The second-order valence-electron chi connectivity index (χ2n) is 5.09. The summed E-state index contributed by atoms with van der Waals surface area (Å²) in [5, 5.41) is 4.40. The maximum atomic E-state index is 5.99. The van der Waals surface area contributed by atoms with E-state index in [2.05, 4.69) is 17.5 Å². The molecule has 1 heterocycles. The van der Waals surface area contributed by atoms with Gasteiger partial charge in [-0.2, -0.15) is 0 Å². The summed E-state index contributed by atoms with van der Waals surface area (Å²) in [6.07, 6.45) is 9.33. The Bertz CT molecular complexity index is 458. The van der Waals surface area contributed by atoms with Crippen molar-refractivity contribution in [2.24, 2.45) is 0 Å². The first kappa shape index (κ1) is 12.1. The molecule has 0 fully saturated rings. The molecule has 0 amide bonds. The molecule has 1 aliphatic carbocycles. The molecular weight excluding hydrogens is 246 g/mol. The maximum absolute atomic E-state index is 5.99. The second kappa shape index (κ2) is 5.33. The van der Waals surface area contributed by atoms with E-state index >= 15 is 0 Å². The number of benzene rings is 1. The molecule has 2 unspecified atom stereocenters. The standard InChI is InChI=1S/C15H18ClNO/c16-12-6-7-15-11(8-12)9-14(18-15)10-17-13-4-2-1-3-5-13/h1-2,6-8,13-14,17H,3-5,9-10H2. The van der Waals surface area contributed by atoms with Crippen LogP contribution in [0.1, 0.15) is 24.8 Å². The number of allylic oxidation sites excluding steroid dienone is 1. The number of fused-ring (bicyclic) bond motifs is 1. The summed E-state index contributed by atoms with van der Waals surface area (Å²) in [5.74, 6) is 0.995. The summed E-state index contributed by atoms with van der Waals surface area (Å²) >= 11 is 5.99. The Kier molecular flexibility index (Phi) is 3.57. The van der Waals surface area contributed by atoms with Gasteiger partial charge in [-0.3, -0.25) is 0 Å². The molecule has 1 aromatic carbocycles. The summed E-state index contributed by atoms with van der Waals surface area (Å²) in [6.45, 7) is 0.921. The zero-order valence-corrected chi connectivity index (χ0v) is 11.1. The molecular formula is C15H18ClNO. The zero-order chi connectivity index (χ0) is 12.4. The van der Waals surface area contributed by atoms with Crippen LogP contribution in [-0.4, -0.2) is 18.7 Å². The van der Waals surface area contributed by atoms with Crippen molar-refractivity contribution in [3.05, 3.63) is 40.9 Å². The fourth-order valence-electron chi connectivity index (χ4n) is 2.68.